The third-order valence-electron chi connectivity index (χ3n) is 4.15. The highest BCUT2D eigenvalue weighted by atomic mass is 16.2. The highest BCUT2D eigenvalue weighted by molar-refractivity contribution is 6.39. The fraction of sp³-hybridized carbons (Fsp3) is 0.438. The van der Waals surface area contributed by atoms with E-state index < -0.39 is 0 Å². The van der Waals surface area contributed by atoms with Gasteiger partial charge in [0.05, 0.1) is 6.04 Å². The molecule has 110 valence electrons. The number of likely N-dealkylation sites (tertiary alicyclic amines) is 1. The molecule has 1 saturated heterocycles. The minimum absolute atomic E-state index is 0.0271. The molecule has 0 spiro atoms. The normalized spacial score (nSPS) is 22.4. The van der Waals surface area contributed by atoms with Gasteiger partial charge in [0.2, 0.25) is 5.91 Å². The maximum absolute atomic E-state index is 12.7. The van der Waals surface area contributed by atoms with Crippen molar-refractivity contribution in [2.75, 3.05) is 13.6 Å². The second-order valence-corrected chi connectivity index (χ2v) is 5.53. The van der Waals surface area contributed by atoms with Gasteiger partial charge < -0.3 is 4.90 Å². The van der Waals surface area contributed by atoms with Crippen molar-refractivity contribution < 1.29 is 9.59 Å². The molecule has 0 bridgehead atoms. The number of hydrogen-bond acceptors (Lipinski definition) is 3. The molecule has 1 unspecified atom stereocenters. The molecule has 21 heavy (non-hydrogen) atoms. The van der Waals surface area contributed by atoms with Gasteiger partial charge >= 0.3 is 0 Å². The summed E-state index contributed by atoms with van der Waals surface area (Å²) in [5.41, 5.74) is 1.67. The molecule has 2 amide bonds. The second-order valence-electron chi connectivity index (χ2n) is 5.53. The number of amides is 2. The van der Waals surface area contributed by atoms with Crippen LogP contribution in [0.15, 0.2) is 35.4 Å². The van der Waals surface area contributed by atoms with Gasteiger partial charge in [-0.2, -0.15) is 5.10 Å². The van der Waals surface area contributed by atoms with E-state index in [2.05, 4.69) is 17.2 Å². The van der Waals surface area contributed by atoms with Crippen LogP contribution in [-0.2, 0) is 9.59 Å². The van der Waals surface area contributed by atoms with E-state index in [1.165, 1.54) is 10.6 Å². The molecule has 1 aromatic carbocycles. The maximum Gasteiger partial charge on any atom is 0.270 e. The van der Waals surface area contributed by atoms with Crippen LogP contribution in [0.3, 0.4) is 0 Å². The first kappa shape index (κ1) is 13.8. The maximum atomic E-state index is 12.7. The predicted molar refractivity (Wildman–Crippen MR) is 79.6 cm³/mol. The Labute approximate surface area is 124 Å². The molecule has 0 saturated carbocycles. The van der Waals surface area contributed by atoms with Crippen LogP contribution in [0.4, 0.5) is 0 Å². The molecule has 0 radical (unpaired) electrons. The first-order valence-electron chi connectivity index (χ1n) is 7.37. The largest absolute Gasteiger partial charge is 0.331 e. The number of nitrogens with zero attached hydrogens (tertiary/aromatic N) is 3. The predicted octanol–water partition coefficient (Wildman–Crippen LogP) is 1.96. The summed E-state index contributed by atoms with van der Waals surface area (Å²) in [5, 5.41) is 5.43. The van der Waals surface area contributed by atoms with Crippen molar-refractivity contribution in [2.24, 2.45) is 5.10 Å². The molecule has 2 aliphatic rings. The van der Waals surface area contributed by atoms with Crippen molar-refractivity contribution in [1.82, 2.24) is 9.91 Å². The van der Waals surface area contributed by atoms with Crippen molar-refractivity contribution in [2.45, 2.75) is 31.7 Å². The first-order valence-corrected chi connectivity index (χ1v) is 7.37. The van der Waals surface area contributed by atoms with Crippen molar-refractivity contribution in [1.29, 1.82) is 0 Å². The van der Waals surface area contributed by atoms with E-state index in [0.29, 0.717) is 18.6 Å². The molecular formula is C16H19N3O2. The van der Waals surface area contributed by atoms with Gasteiger partial charge in [0.25, 0.3) is 5.91 Å². The summed E-state index contributed by atoms with van der Waals surface area (Å²) >= 11 is 0. The molecule has 1 atom stereocenters. The number of rotatable bonds is 2. The van der Waals surface area contributed by atoms with E-state index in [-0.39, 0.29) is 17.9 Å². The Balaban J connectivity index is 1.81. The van der Waals surface area contributed by atoms with E-state index in [1.54, 1.807) is 7.05 Å². The van der Waals surface area contributed by atoms with Gasteiger partial charge in [-0.25, -0.2) is 5.01 Å². The summed E-state index contributed by atoms with van der Waals surface area (Å²) in [4.78, 5) is 26.1. The van der Waals surface area contributed by atoms with Crippen LogP contribution in [0.1, 0.15) is 37.3 Å². The minimum Gasteiger partial charge on any atom is -0.331 e. The smallest absolute Gasteiger partial charge is 0.270 e. The zero-order valence-corrected chi connectivity index (χ0v) is 12.2. The number of carbonyl (C=O) groups excluding carboxylic acids is 2. The van der Waals surface area contributed by atoms with Crippen molar-refractivity contribution in [3.05, 3.63) is 35.9 Å². The monoisotopic (exact) mass is 285 g/mol. The topological polar surface area (TPSA) is 53.0 Å². The van der Waals surface area contributed by atoms with Gasteiger partial charge in [0.15, 0.2) is 0 Å². The molecule has 1 aromatic rings. The number of benzene rings is 1. The van der Waals surface area contributed by atoms with Crippen molar-refractivity contribution in [3.8, 4) is 0 Å². The molecule has 3 rings (SSSR count). The number of hydrazone groups is 1. The van der Waals surface area contributed by atoms with Gasteiger partial charge in [-0.3, -0.25) is 9.59 Å². The average molecular weight is 285 g/mol. The molecule has 0 N–H and O–H groups in total. The summed E-state index contributed by atoms with van der Waals surface area (Å²) in [6.45, 7) is 0.759. The summed E-state index contributed by atoms with van der Waals surface area (Å²) in [6.07, 6.45) is 2.80. The number of carbonyl (C=O) groups is 2. The summed E-state index contributed by atoms with van der Waals surface area (Å²) in [6, 6.07) is 10.2. The fourth-order valence-electron chi connectivity index (χ4n) is 3.02. The Hall–Kier alpha value is -2.17. The minimum atomic E-state index is -0.0346. The van der Waals surface area contributed by atoms with Gasteiger partial charge in [0, 0.05) is 26.4 Å². The number of hydrogen-bond donors (Lipinski definition) is 0. The van der Waals surface area contributed by atoms with Gasteiger partial charge in [-0.05, 0) is 18.4 Å². The highest BCUT2D eigenvalue weighted by Gasteiger charge is 2.33. The molecule has 2 aliphatic heterocycles. The van der Waals surface area contributed by atoms with E-state index in [1.807, 2.05) is 23.1 Å². The molecule has 0 aromatic heterocycles. The lowest BCUT2D eigenvalue weighted by Gasteiger charge is -2.27. The second kappa shape index (κ2) is 5.68. The van der Waals surface area contributed by atoms with Crippen LogP contribution in [0.5, 0.6) is 0 Å². The average Bonchev–Trinajstić information content (AvgIpc) is 2.99. The lowest BCUT2D eigenvalue weighted by molar-refractivity contribution is -0.130. The Kier molecular flexibility index (Phi) is 3.73. The fourth-order valence-corrected chi connectivity index (χ4v) is 3.02. The van der Waals surface area contributed by atoms with Crippen molar-refractivity contribution in [3.63, 3.8) is 0 Å². The van der Waals surface area contributed by atoms with E-state index >= 15 is 0 Å². The standard InChI is InChI=1S/C16H19N3O2/c1-18-15(20)10-9-13(17-18)16(21)19-11-5-8-14(19)12-6-3-2-4-7-12/h2-4,6-7,14H,5,8-11H2,1H3. The molecular weight excluding hydrogens is 266 g/mol. The molecule has 2 heterocycles. The Bertz CT molecular complexity index is 582. The van der Waals surface area contributed by atoms with E-state index in [0.717, 1.165) is 19.4 Å². The van der Waals surface area contributed by atoms with Crippen LogP contribution < -0.4 is 0 Å². The quantitative estimate of drug-likeness (QED) is 0.834. The lowest BCUT2D eigenvalue weighted by Crippen LogP contribution is -2.40. The molecule has 1 fully saturated rings. The van der Waals surface area contributed by atoms with E-state index in [4.69, 9.17) is 0 Å². The zero-order chi connectivity index (χ0) is 14.8. The zero-order valence-electron chi connectivity index (χ0n) is 12.2. The Morgan fingerprint density at radius 2 is 2.00 bits per heavy atom. The Morgan fingerprint density at radius 1 is 1.24 bits per heavy atom. The first-order chi connectivity index (χ1) is 10.2. The van der Waals surface area contributed by atoms with Crippen molar-refractivity contribution >= 4 is 17.5 Å². The van der Waals surface area contributed by atoms with Crippen LogP contribution in [0.2, 0.25) is 0 Å². The van der Waals surface area contributed by atoms with Crippen LogP contribution in [0, 0.1) is 0 Å². The molecule has 0 aliphatic carbocycles. The lowest BCUT2D eigenvalue weighted by atomic mass is 10.0. The Morgan fingerprint density at radius 3 is 2.71 bits per heavy atom. The highest BCUT2D eigenvalue weighted by Crippen LogP contribution is 2.32. The summed E-state index contributed by atoms with van der Waals surface area (Å²) in [7, 11) is 1.60. The van der Waals surface area contributed by atoms with Gasteiger partial charge in [-0.1, -0.05) is 30.3 Å². The van der Waals surface area contributed by atoms with Gasteiger partial charge in [-0.15, -0.1) is 0 Å². The SMILES string of the molecule is CN1N=C(C(=O)N2CCCC2c2ccccc2)CCC1=O. The third kappa shape index (κ3) is 2.68. The third-order valence-corrected chi connectivity index (χ3v) is 4.15. The molecule has 5 nitrogen and oxygen atoms in total. The van der Waals surface area contributed by atoms with Gasteiger partial charge in [0.1, 0.15) is 5.71 Å². The van der Waals surface area contributed by atoms with E-state index in [9.17, 15) is 9.59 Å². The van der Waals surface area contributed by atoms with Crippen LogP contribution in [0.25, 0.3) is 0 Å². The molecule has 5 heteroatoms. The summed E-state index contributed by atoms with van der Waals surface area (Å²) < 4.78 is 0. The van der Waals surface area contributed by atoms with Crippen LogP contribution in [-0.4, -0.2) is 41.0 Å². The summed E-state index contributed by atoms with van der Waals surface area (Å²) in [5.74, 6) is -0.0618. The van der Waals surface area contributed by atoms with Crippen LogP contribution >= 0.6 is 0 Å².